The smallest absolute Gasteiger partial charge is 0.316 e. The molecule has 2 saturated carbocycles. The molecule has 0 heterocycles. The molecule has 8 heteroatoms. The highest BCUT2D eigenvalue weighted by Crippen LogP contribution is 2.34. The van der Waals surface area contributed by atoms with E-state index in [-0.39, 0.29) is 6.42 Å². The van der Waals surface area contributed by atoms with E-state index >= 15 is 0 Å². The molecule has 0 radical (unpaired) electrons. The normalized spacial score (nSPS) is 25.6. The number of carbonyl (C=O) groups excluding carboxylic acids is 2. The van der Waals surface area contributed by atoms with E-state index in [1.54, 1.807) is 7.05 Å². The van der Waals surface area contributed by atoms with E-state index in [9.17, 15) is 25.0 Å². The van der Waals surface area contributed by atoms with Crippen molar-refractivity contribution in [1.29, 1.82) is 5.26 Å². The number of esters is 1. The zero-order chi connectivity index (χ0) is 16.3. The second-order valence-corrected chi connectivity index (χ2v) is 5.96. The van der Waals surface area contributed by atoms with Crippen molar-refractivity contribution in [3.63, 3.8) is 0 Å². The predicted molar refractivity (Wildman–Crippen MR) is 74.0 cm³/mol. The van der Waals surface area contributed by atoms with Crippen molar-refractivity contribution in [2.75, 3.05) is 13.7 Å². The molecule has 2 aliphatic rings. The lowest BCUT2D eigenvalue weighted by molar-refractivity contribution is -0.497. The number of nitriles is 1. The first-order chi connectivity index (χ1) is 10.4. The largest absolute Gasteiger partial charge is 0.455 e. The highest BCUT2D eigenvalue weighted by Gasteiger charge is 2.54. The van der Waals surface area contributed by atoms with E-state index in [0.717, 1.165) is 19.3 Å². The molecule has 22 heavy (non-hydrogen) atoms. The number of hydrogen-bond donors (Lipinski definition) is 0. The molecule has 0 saturated heterocycles. The Kier molecular flexibility index (Phi) is 4.64. The molecule has 8 nitrogen and oxygen atoms in total. The summed E-state index contributed by atoms with van der Waals surface area (Å²) < 4.78 is 4.87. The van der Waals surface area contributed by atoms with Crippen LogP contribution in [0.15, 0.2) is 0 Å². The molecule has 120 valence electrons. The molecule has 0 aromatic rings. The fourth-order valence-electron chi connectivity index (χ4n) is 2.90. The Hall–Kier alpha value is -2.17. The van der Waals surface area contributed by atoms with Crippen molar-refractivity contribution < 1.29 is 19.2 Å². The van der Waals surface area contributed by atoms with Gasteiger partial charge in [0.15, 0.2) is 6.61 Å². The minimum absolute atomic E-state index is 0.165. The molecule has 2 fully saturated rings. The topological polar surface area (TPSA) is 114 Å². The monoisotopic (exact) mass is 309 g/mol. The second kappa shape index (κ2) is 6.30. The van der Waals surface area contributed by atoms with E-state index in [2.05, 4.69) is 6.07 Å². The third-order valence-electron chi connectivity index (χ3n) is 4.57. The molecule has 2 atom stereocenters. The molecule has 0 aliphatic heterocycles. The molecule has 0 aromatic heterocycles. The molecule has 2 aliphatic carbocycles. The first-order valence-corrected chi connectivity index (χ1v) is 7.39. The number of nitrogens with zero attached hydrogens (tertiary/aromatic N) is 3. The Balaban J connectivity index is 1.85. The van der Waals surface area contributed by atoms with Crippen molar-refractivity contribution in [1.82, 2.24) is 4.90 Å². The first-order valence-electron chi connectivity index (χ1n) is 7.39. The minimum atomic E-state index is -0.885. The minimum Gasteiger partial charge on any atom is -0.455 e. The lowest BCUT2D eigenvalue weighted by atomic mass is 9.81. The summed E-state index contributed by atoms with van der Waals surface area (Å²) in [5.74, 6) is -1.90. The summed E-state index contributed by atoms with van der Waals surface area (Å²) in [6.07, 6.45) is 4.22. The lowest BCUT2D eigenvalue weighted by Crippen LogP contribution is -2.51. The second-order valence-electron chi connectivity index (χ2n) is 5.96. The molecule has 2 rings (SSSR count). The number of hydrogen-bond acceptors (Lipinski definition) is 6. The Morgan fingerprint density at radius 3 is 2.55 bits per heavy atom. The molecule has 0 aromatic carbocycles. The van der Waals surface area contributed by atoms with E-state index in [1.165, 1.54) is 4.90 Å². The average Bonchev–Trinajstić information content (AvgIpc) is 3.33. The highest BCUT2D eigenvalue weighted by atomic mass is 16.6. The van der Waals surface area contributed by atoms with E-state index < -0.39 is 40.9 Å². The van der Waals surface area contributed by atoms with Crippen LogP contribution in [0.2, 0.25) is 0 Å². The van der Waals surface area contributed by atoms with Gasteiger partial charge in [0.05, 0.1) is 6.07 Å². The van der Waals surface area contributed by atoms with E-state index in [0.29, 0.717) is 12.8 Å². The van der Waals surface area contributed by atoms with Crippen molar-refractivity contribution >= 4 is 11.9 Å². The molecular formula is C14H19N3O5. The van der Waals surface area contributed by atoms with Gasteiger partial charge in [-0.3, -0.25) is 19.7 Å². The summed E-state index contributed by atoms with van der Waals surface area (Å²) in [4.78, 5) is 35.1. The van der Waals surface area contributed by atoms with Gasteiger partial charge in [-0.1, -0.05) is 19.3 Å². The maximum absolute atomic E-state index is 12.1. The van der Waals surface area contributed by atoms with Gasteiger partial charge in [0.1, 0.15) is 11.5 Å². The number of carbonyl (C=O) groups is 2. The molecule has 0 N–H and O–H groups in total. The van der Waals surface area contributed by atoms with Crippen LogP contribution in [-0.4, -0.2) is 46.9 Å². The predicted octanol–water partition coefficient (Wildman–Crippen LogP) is 0.880. The Morgan fingerprint density at radius 1 is 1.41 bits per heavy atom. The van der Waals surface area contributed by atoms with Crippen LogP contribution in [0, 0.1) is 27.4 Å². The van der Waals surface area contributed by atoms with Crippen molar-refractivity contribution in [2.24, 2.45) is 5.92 Å². The Labute approximate surface area is 128 Å². The first kappa shape index (κ1) is 16.2. The average molecular weight is 309 g/mol. The van der Waals surface area contributed by atoms with Crippen LogP contribution in [0.3, 0.4) is 0 Å². The zero-order valence-corrected chi connectivity index (χ0v) is 12.5. The number of amides is 1. The van der Waals surface area contributed by atoms with Crippen LogP contribution >= 0.6 is 0 Å². The summed E-state index contributed by atoms with van der Waals surface area (Å²) >= 11 is 0. The van der Waals surface area contributed by atoms with Gasteiger partial charge >= 0.3 is 5.97 Å². The van der Waals surface area contributed by atoms with Crippen LogP contribution in [-0.2, 0) is 14.3 Å². The fourth-order valence-corrected chi connectivity index (χ4v) is 2.90. The third-order valence-corrected chi connectivity index (χ3v) is 4.57. The SMILES string of the molecule is CN(C(=O)COC(=O)C1CC1[N+](=O)[O-])C1(C#N)CCCCC1. The maximum Gasteiger partial charge on any atom is 0.316 e. The van der Waals surface area contributed by atoms with E-state index in [1.807, 2.05) is 0 Å². The van der Waals surface area contributed by atoms with Crippen molar-refractivity contribution in [3.05, 3.63) is 10.1 Å². The summed E-state index contributed by atoms with van der Waals surface area (Å²) in [6, 6.07) is 1.33. The zero-order valence-electron chi connectivity index (χ0n) is 12.5. The van der Waals surface area contributed by atoms with Gasteiger partial charge in [0.25, 0.3) is 5.91 Å². The van der Waals surface area contributed by atoms with Crippen LogP contribution in [0.5, 0.6) is 0 Å². The summed E-state index contributed by atoms with van der Waals surface area (Å²) in [7, 11) is 1.54. The fraction of sp³-hybridized carbons (Fsp3) is 0.786. The van der Waals surface area contributed by atoms with Crippen LogP contribution in [0.25, 0.3) is 0 Å². The van der Waals surface area contributed by atoms with Crippen LogP contribution in [0.4, 0.5) is 0 Å². The number of ether oxygens (including phenoxy) is 1. The molecule has 1 amide bonds. The number of nitro groups is 1. The third kappa shape index (κ3) is 3.18. The molecular weight excluding hydrogens is 290 g/mol. The molecule has 0 bridgehead atoms. The Morgan fingerprint density at radius 2 is 2.05 bits per heavy atom. The van der Waals surface area contributed by atoms with Crippen molar-refractivity contribution in [2.45, 2.75) is 50.1 Å². The van der Waals surface area contributed by atoms with Gasteiger partial charge in [0.2, 0.25) is 6.04 Å². The van der Waals surface area contributed by atoms with Crippen LogP contribution in [0.1, 0.15) is 38.5 Å². The lowest BCUT2D eigenvalue weighted by Gasteiger charge is -2.38. The van der Waals surface area contributed by atoms with Gasteiger partial charge in [0, 0.05) is 18.4 Å². The molecule has 0 spiro atoms. The summed E-state index contributed by atoms with van der Waals surface area (Å²) in [5.41, 5.74) is -0.829. The van der Waals surface area contributed by atoms with Gasteiger partial charge in [-0.15, -0.1) is 0 Å². The summed E-state index contributed by atoms with van der Waals surface area (Å²) in [5, 5.41) is 19.9. The summed E-state index contributed by atoms with van der Waals surface area (Å²) in [6.45, 7) is -0.473. The number of likely N-dealkylation sites (N-methyl/N-ethyl adjacent to an activating group) is 1. The highest BCUT2D eigenvalue weighted by molar-refractivity contribution is 5.83. The van der Waals surface area contributed by atoms with E-state index in [4.69, 9.17) is 4.74 Å². The van der Waals surface area contributed by atoms with Gasteiger partial charge in [-0.05, 0) is 12.8 Å². The van der Waals surface area contributed by atoms with Gasteiger partial charge < -0.3 is 9.64 Å². The quantitative estimate of drug-likeness (QED) is 0.423. The maximum atomic E-state index is 12.1. The standard InChI is InChI=1S/C14H19N3O5/c1-16(14(9-15)5-3-2-4-6-14)12(18)8-22-13(19)10-7-11(10)17(20)21/h10-11H,2-8H2,1H3. The van der Waals surface area contributed by atoms with Gasteiger partial charge in [-0.2, -0.15) is 5.26 Å². The van der Waals surface area contributed by atoms with Crippen molar-refractivity contribution in [3.8, 4) is 6.07 Å². The van der Waals surface area contributed by atoms with Gasteiger partial charge in [-0.25, -0.2) is 0 Å². The molecule has 2 unspecified atom stereocenters. The van der Waals surface area contributed by atoms with Crippen LogP contribution < -0.4 is 0 Å². The Bertz CT molecular complexity index is 521. The number of rotatable bonds is 5.